The van der Waals surface area contributed by atoms with Gasteiger partial charge >= 0.3 is 12.3 Å². The highest BCUT2D eigenvalue weighted by atomic mass is 19.4. The van der Waals surface area contributed by atoms with E-state index in [1.54, 1.807) is 0 Å². The van der Waals surface area contributed by atoms with E-state index in [2.05, 4.69) is 10.3 Å². The molecule has 0 unspecified atom stereocenters. The van der Waals surface area contributed by atoms with Crippen molar-refractivity contribution in [3.05, 3.63) is 12.0 Å². The van der Waals surface area contributed by atoms with Gasteiger partial charge < -0.3 is 14.5 Å². The normalized spacial score (nSPS) is 11.8. The van der Waals surface area contributed by atoms with Crippen LogP contribution in [0.15, 0.2) is 10.7 Å². The molecule has 0 saturated carbocycles. The summed E-state index contributed by atoms with van der Waals surface area (Å²) in [5, 5.41) is 3.04. The Hall–Kier alpha value is -1.24. The van der Waals surface area contributed by atoms with Crippen molar-refractivity contribution in [1.82, 2.24) is 10.3 Å². The number of rotatable bonds is 7. The summed E-state index contributed by atoms with van der Waals surface area (Å²) in [7, 11) is 0. The molecule has 17 heavy (non-hydrogen) atoms. The highest BCUT2D eigenvalue weighted by molar-refractivity contribution is 4.99. The van der Waals surface area contributed by atoms with E-state index in [-0.39, 0.29) is 19.1 Å². The molecule has 1 rings (SSSR count). The van der Waals surface area contributed by atoms with Crippen LogP contribution in [0.25, 0.3) is 0 Å². The SMILES string of the molecule is CCNCc1coc(OCCCC(F)(F)F)n1. The molecule has 4 nitrogen and oxygen atoms in total. The fourth-order valence-corrected chi connectivity index (χ4v) is 1.12. The first-order valence-electron chi connectivity index (χ1n) is 5.36. The molecule has 0 atom stereocenters. The van der Waals surface area contributed by atoms with E-state index in [1.807, 2.05) is 6.92 Å². The van der Waals surface area contributed by atoms with E-state index < -0.39 is 12.6 Å². The summed E-state index contributed by atoms with van der Waals surface area (Å²) in [6, 6.07) is 0. The second-order valence-electron chi connectivity index (χ2n) is 3.45. The van der Waals surface area contributed by atoms with Crippen molar-refractivity contribution >= 4 is 0 Å². The summed E-state index contributed by atoms with van der Waals surface area (Å²) in [6.07, 6.45) is -3.68. The summed E-state index contributed by atoms with van der Waals surface area (Å²) >= 11 is 0. The van der Waals surface area contributed by atoms with Crippen molar-refractivity contribution in [2.45, 2.75) is 32.5 Å². The Labute approximate surface area is 97.2 Å². The average molecular weight is 252 g/mol. The lowest BCUT2D eigenvalue weighted by Gasteiger charge is -2.05. The zero-order chi connectivity index (χ0) is 12.7. The predicted molar refractivity (Wildman–Crippen MR) is 54.7 cm³/mol. The summed E-state index contributed by atoms with van der Waals surface area (Å²) in [6.45, 7) is 3.25. The number of halogens is 3. The van der Waals surface area contributed by atoms with Crippen LogP contribution in [0, 0.1) is 0 Å². The van der Waals surface area contributed by atoms with Crippen LogP contribution >= 0.6 is 0 Å². The Morgan fingerprint density at radius 2 is 2.24 bits per heavy atom. The van der Waals surface area contributed by atoms with Crippen LogP contribution in [0.4, 0.5) is 13.2 Å². The lowest BCUT2D eigenvalue weighted by atomic mass is 10.3. The van der Waals surface area contributed by atoms with Gasteiger partial charge in [-0.3, -0.25) is 0 Å². The van der Waals surface area contributed by atoms with Crippen LogP contribution in [0.1, 0.15) is 25.5 Å². The number of aromatic nitrogens is 1. The maximum atomic E-state index is 11.8. The highest BCUT2D eigenvalue weighted by Crippen LogP contribution is 2.21. The van der Waals surface area contributed by atoms with E-state index in [1.165, 1.54) is 6.26 Å². The number of nitrogens with one attached hydrogen (secondary N) is 1. The first-order chi connectivity index (χ1) is 8.01. The number of hydrogen-bond acceptors (Lipinski definition) is 4. The van der Waals surface area contributed by atoms with Gasteiger partial charge in [0.2, 0.25) is 0 Å². The molecule has 0 aromatic carbocycles. The van der Waals surface area contributed by atoms with Gasteiger partial charge in [0.25, 0.3) is 0 Å². The number of nitrogens with zero attached hydrogens (tertiary/aromatic N) is 1. The van der Waals surface area contributed by atoms with Crippen molar-refractivity contribution in [2.75, 3.05) is 13.2 Å². The molecule has 0 amide bonds. The third-order valence-electron chi connectivity index (χ3n) is 1.92. The molecule has 1 heterocycles. The highest BCUT2D eigenvalue weighted by Gasteiger charge is 2.26. The smallest absolute Gasteiger partial charge is 0.393 e. The standard InChI is InChI=1S/C10H15F3N2O2/c1-2-14-6-8-7-17-9(15-8)16-5-3-4-10(11,12)13/h7,14H,2-6H2,1H3. The van der Waals surface area contributed by atoms with Gasteiger partial charge in [-0.1, -0.05) is 6.92 Å². The third-order valence-corrected chi connectivity index (χ3v) is 1.92. The summed E-state index contributed by atoms with van der Waals surface area (Å²) in [5.74, 6) is 0. The molecule has 98 valence electrons. The minimum absolute atomic E-state index is 0.0140. The molecule has 1 aromatic rings. The van der Waals surface area contributed by atoms with Gasteiger partial charge in [-0.05, 0) is 13.0 Å². The van der Waals surface area contributed by atoms with E-state index in [4.69, 9.17) is 9.15 Å². The van der Waals surface area contributed by atoms with Gasteiger partial charge in [0.15, 0.2) is 0 Å². The van der Waals surface area contributed by atoms with Gasteiger partial charge in [-0.25, -0.2) is 0 Å². The van der Waals surface area contributed by atoms with E-state index in [0.717, 1.165) is 6.54 Å². The molecule has 0 saturated heterocycles. The van der Waals surface area contributed by atoms with Crippen molar-refractivity contribution in [1.29, 1.82) is 0 Å². The Balaban J connectivity index is 2.21. The Bertz CT molecular complexity index is 326. The average Bonchev–Trinajstić information content (AvgIpc) is 2.68. The number of ether oxygens (including phenoxy) is 1. The van der Waals surface area contributed by atoms with Crippen molar-refractivity contribution in [2.24, 2.45) is 0 Å². The largest absolute Gasteiger partial charge is 0.450 e. The number of oxazole rings is 1. The maximum Gasteiger partial charge on any atom is 0.393 e. The molecule has 1 aromatic heterocycles. The number of hydrogen-bond donors (Lipinski definition) is 1. The minimum atomic E-state index is -4.14. The molecular formula is C10H15F3N2O2. The van der Waals surface area contributed by atoms with Gasteiger partial charge in [-0.2, -0.15) is 18.2 Å². The lowest BCUT2D eigenvalue weighted by Crippen LogP contribution is -2.12. The van der Waals surface area contributed by atoms with Crippen LogP contribution in [0.2, 0.25) is 0 Å². The maximum absolute atomic E-state index is 11.8. The Morgan fingerprint density at radius 3 is 2.88 bits per heavy atom. The Kier molecular flexibility index (Phi) is 5.27. The molecular weight excluding hydrogens is 237 g/mol. The predicted octanol–water partition coefficient (Wildman–Crippen LogP) is 2.51. The van der Waals surface area contributed by atoms with Crippen molar-refractivity contribution < 1.29 is 22.3 Å². The first kappa shape index (κ1) is 13.8. The van der Waals surface area contributed by atoms with E-state index in [0.29, 0.717) is 12.2 Å². The topological polar surface area (TPSA) is 47.3 Å². The summed E-state index contributed by atoms with van der Waals surface area (Å²) in [5.41, 5.74) is 0.665. The van der Waals surface area contributed by atoms with Crippen molar-refractivity contribution in [3.8, 4) is 6.08 Å². The molecule has 0 aliphatic heterocycles. The lowest BCUT2D eigenvalue weighted by molar-refractivity contribution is -0.136. The summed E-state index contributed by atoms with van der Waals surface area (Å²) < 4.78 is 45.4. The molecule has 0 radical (unpaired) electrons. The van der Waals surface area contributed by atoms with Gasteiger partial charge in [0.1, 0.15) is 6.26 Å². The third kappa shape index (κ3) is 6.15. The van der Waals surface area contributed by atoms with Crippen LogP contribution in [-0.4, -0.2) is 24.3 Å². The zero-order valence-electron chi connectivity index (χ0n) is 9.51. The number of alkyl halides is 3. The molecule has 0 spiro atoms. The molecule has 1 N–H and O–H groups in total. The van der Waals surface area contributed by atoms with Crippen LogP contribution in [0.3, 0.4) is 0 Å². The minimum Gasteiger partial charge on any atom is -0.450 e. The van der Waals surface area contributed by atoms with Gasteiger partial charge in [-0.15, -0.1) is 0 Å². The molecule has 0 fully saturated rings. The second kappa shape index (κ2) is 6.48. The van der Waals surface area contributed by atoms with Crippen LogP contribution in [0.5, 0.6) is 6.08 Å². The van der Waals surface area contributed by atoms with Crippen molar-refractivity contribution in [3.63, 3.8) is 0 Å². The van der Waals surface area contributed by atoms with Gasteiger partial charge in [0, 0.05) is 13.0 Å². The Morgan fingerprint density at radius 1 is 1.47 bits per heavy atom. The van der Waals surface area contributed by atoms with Gasteiger partial charge in [0.05, 0.1) is 12.3 Å². The fraction of sp³-hybridized carbons (Fsp3) is 0.700. The molecule has 0 bridgehead atoms. The molecule has 0 aliphatic rings. The molecule has 0 aliphatic carbocycles. The zero-order valence-corrected chi connectivity index (χ0v) is 9.51. The van der Waals surface area contributed by atoms with E-state index in [9.17, 15) is 13.2 Å². The monoisotopic (exact) mass is 252 g/mol. The van der Waals surface area contributed by atoms with Crippen LogP contribution in [-0.2, 0) is 6.54 Å². The van der Waals surface area contributed by atoms with Crippen LogP contribution < -0.4 is 10.1 Å². The first-order valence-corrected chi connectivity index (χ1v) is 5.36. The fourth-order valence-electron chi connectivity index (χ4n) is 1.12. The van der Waals surface area contributed by atoms with E-state index >= 15 is 0 Å². The quantitative estimate of drug-likeness (QED) is 0.757. The second-order valence-corrected chi connectivity index (χ2v) is 3.45. The summed E-state index contributed by atoms with van der Waals surface area (Å²) in [4.78, 5) is 3.95. The molecule has 7 heteroatoms.